The monoisotopic (exact) mass is 897 g/mol. The van der Waals surface area contributed by atoms with Gasteiger partial charge in [0.05, 0.1) is 5.76 Å². The smallest absolute Gasteiger partial charge is 0.162 e. The van der Waals surface area contributed by atoms with Crippen LogP contribution in [0.4, 0.5) is 0 Å². The zero-order valence-electron chi connectivity index (χ0n) is 31.9. The van der Waals surface area contributed by atoms with Crippen molar-refractivity contribution in [3.63, 3.8) is 0 Å². The average Bonchev–Trinajstić information content (AvgIpc) is 3.56. The number of thiophene rings is 1. The van der Waals surface area contributed by atoms with Crippen LogP contribution in [0.3, 0.4) is 0 Å². The predicted molar refractivity (Wildman–Crippen MR) is 225 cm³/mol. The third kappa shape index (κ3) is 8.19. The summed E-state index contributed by atoms with van der Waals surface area (Å²) in [5, 5.41) is 17.4. The molecule has 0 bridgehead atoms. The Hall–Kier alpha value is -4.15. The first kappa shape index (κ1) is 40.0. The molecule has 53 heavy (non-hydrogen) atoms. The van der Waals surface area contributed by atoms with Crippen LogP contribution in [-0.4, -0.2) is 15.9 Å². The van der Waals surface area contributed by atoms with Crippen LogP contribution in [0.1, 0.15) is 84.3 Å². The summed E-state index contributed by atoms with van der Waals surface area (Å²) in [6, 6.07) is 36.6. The van der Waals surface area contributed by atoms with E-state index in [1.807, 2.05) is 45.2 Å². The number of benzene rings is 5. The van der Waals surface area contributed by atoms with E-state index in [9.17, 15) is 9.90 Å². The molecule has 5 aromatic carbocycles. The minimum absolute atomic E-state index is 0. The van der Waals surface area contributed by atoms with Crippen LogP contribution in [0.2, 0.25) is 0 Å². The molecule has 0 spiro atoms. The molecule has 1 radical (unpaired) electrons. The first-order valence-corrected chi connectivity index (χ1v) is 19.7. The summed E-state index contributed by atoms with van der Waals surface area (Å²) in [4.78, 5) is 16.6. The van der Waals surface area contributed by atoms with E-state index >= 15 is 0 Å². The molecule has 5 heteroatoms. The largest absolute Gasteiger partial charge is 0.512 e. The van der Waals surface area contributed by atoms with Crippen molar-refractivity contribution < 1.29 is 30.0 Å². The summed E-state index contributed by atoms with van der Waals surface area (Å²) in [5.41, 5.74) is 7.33. The molecule has 2 heterocycles. The van der Waals surface area contributed by atoms with Gasteiger partial charge >= 0.3 is 0 Å². The Bertz CT molecular complexity index is 2380. The molecule has 0 saturated heterocycles. The first-order valence-electron chi connectivity index (χ1n) is 18.9. The standard InChI is InChI=1S/C35H26NS.C13H24O2.Ir/c1-21(2)31-20-26(19-25-14-13-24-11-7-8-12-28(24)32(25)31)33-35-30(17-18-36-33)29-16-15-27(22(3)34(29)37-35)23-9-5-4-6-10-23;1-5-10(6-2)12(14)9-13(15)11(7-3)8-4;/h4-18,20-21H,1-3H3;9-11,14H,5-8H2,1-4H3;/q-1;;/b;12-9-;. The Balaban J connectivity index is 0.000000290. The molecule has 0 fully saturated rings. The quantitative estimate of drug-likeness (QED) is 0.0644. The fourth-order valence-electron chi connectivity index (χ4n) is 7.48. The van der Waals surface area contributed by atoms with Crippen LogP contribution < -0.4 is 0 Å². The van der Waals surface area contributed by atoms with Gasteiger partial charge in [-0.25, -0.2) is 0 Å². The van der Waals surface area contributed by atoms with Gasteiger partial charge in [-0.1, -0.05) is 125 Å². The fourth-order valence-corrected chi connectivity index (χ4v) is 8.78. The number of nitrogens with zero attached hydrogens (tertiary/aromatic N) is 1. The van der Waals surface area contributed by atoms with Crippen LogP contribution in [0.5, 0.6) is 0 Å². The zero-order valence-corrected chi connectivity index (χ0v) is 35.1. The summed E-state index contributed by atoms with van der Waals surface area (Å²) in [7, 11) is 0. The number of aliphatic hydroxyl groups excluding tert-OH is 1. The Morgan fingerprint density at radius 2 is 1.45 bits per heavy atom. The molecule has 275 valence electrons. The predicted octanol–water partition coefficient (Wildman–Crippen LogP) is 14.2. The van der Waals surface area contributed by atoms with Gasteiger partial charge in [0, 0.05) is 64.7 Å². The number of rotatable bonds is 10. The van der Waals surface area contributed by atoms with Gasteiger partial charge in [0.25, 0.3) is 0 Å². The van der Waals surface area contributed by atoms with Crippen LogP contribution in [0.15, 0.2) is 109 Å². The maximum Gasteiger partial charge on any atom is 0.162 e. The van der Waals surface area contributed by atoms with Crippen LogP contribution >= 0.6 is 11.3 Å². The van der Waals surface area contributed by atoms with Gasteiger partial charge in [-0.15, -0.1) is 40.5 Å². The second-order valence-electron chi connectivity index (χ2n) is 14.1. The summed E-state index contributed by atoms with van der Waals surface area (Å²) in [6.45, 7) is 14.9. The summed E-state index contributed by atoms with van der Waals surface area (Å²) >= 11 is 1.86. The van der Waals surface area contributed by atoms with E-state index in [4.69, 9.17) is 4.98 Å². The number of ketones is 1. The Morgan fingerprint density at radius 1 is 0.792 bits per heavy atom. The molecule has 7 aromatic rings. The molecule has 0 aliphatic carbocycles. The molecule has 0 amide bonds. The third-order valence-electron chi connectivity index (χ3n) is 10.6. The SMILES string of the molecule is CCC(CC)C(=O)/C=C(\O)C(CC)CC.Cc1c(-c2ccccc2)ccc2c1sc1c(-c3[c-]c4ccc5ccccc5c4c(C(C)C)c3)nccc12.[Ir]. The van der Waals surface area contributed by atoms with Gasteiger partial charge in [-0.3, -0.25) is 9.78 Å². The van der Waals surface area contributed by atoms with Gasteiger partial charge in [-0.05, 0) is 77.4 Å². The minimum atomic E-state index is 0. The molecule has 0 saturated carbocycles. The molecule has 0 unspecified atom stereocenters. The van der Waals surface area contributed by atoms with E-state index in [1.54, 1.807) is 0 Å². The van der Waals surface area contributed by atoms with Crippen molar-refractivity contribution in [2.45, 2.75) is 80.1 Å². The van der Waals surface area contributed by atoms with Crippen molar-refractivity contribution in [1.29, 1.82) is 0 Å². The molecule has 3 nitrogen and oxygen atoms in total. The van der Waals surface area contributed by atoms with E-state index in [1.165, 1.54) is 64.7 Å². The number of carbonyl (C=O) groups is 1. The van der Waals surface area contributed by atoms with Crippen molar-refractivity contribution in [3.8, 4) is 22.4 Å². The third-order valence-corrected chi connectivity index (χ3v) is 12.0. The fraction of sp³-hybridized carbons (Fsp3) is 0.292. The van der Waals surface area contributed by atoms with Crippen molar-refractivity contribution in [2.75, 3.05) is 0 Å². The summed E-state index contributed by atoms with van der Waals surface area (Å²) in [5.74, 6) is 0.935. The number of aryl methyl sites for hydroxylation is 1. The van der Waals surface area contributed by atoms with Crippen molar-refractivity contribution in [3.05, 3.63) is 126 Å². The second-order valence-corrected chi connectivity index (χ2v) is 15.1. The van der Waals surface area contributed by atoms with E-state index in [2.05, 4.69) is 118 Å². The Labute approximate surface area is 332 Å². The summed E-state index contributed by atoms with van der Waals surface area (Å²) in [6.07, 6.45) is 6.86. The van der Waals surface area contributed by atoms with Crippen molar-refractivity contribution >= 4 is 58.8 Å². The van der Waals surface area contributed by atoms with Gasteiger partial charge in [0.15, 0.2) is 5.78 Å². The van der Waals surface area contributed by atoms with Crippen molar-refractivity contribution in [2.24, 2.45) is 11.8 Å². The zero-order chi connectivity index (χ0) is 36.9. The van der Waals surface area contributed by atoms with Crippen LogP contribution in [-0.2, 0) is 24.9 Å². The molecule has 0 aliphatic rings. The number of carbonyl (C=O) groups excluding carboxylic acids is 1. The topological polar surface area (TPSA) is 50.2 Å². The molecular formula is C48H50IrNO2S-. The molecule has 0 atom stereocenters. The van der Waals surface area contributed by atoms with E-state index in [-0.39, 0.29) is 43.5 Å². The molecule has 7 rings (SSSR count). The maximum atomic E-state index is 11.7. The maximum absolute atomic E-state index is 11.7. The average molecular weight is 897 g/mol. The van der Waals surface area contributed by atoms with E-state index < -0.39 is 0 Å². The molecular weight excluding hydrogens is 847 g/mol. The second kappa shape index (κ2) is 17.8. The van der Waals surface area contributed by atoms with Crippen LogP contribution in [0, 0.1) is 24.8 Å². The number of hydrogen-bond acceptors (Lipinski definition) is 4. The number of aromatic nitrogens is 1. The number of pyridine rings is 1. The molecule has 0 aliphatic heterocycles. The molecule has 2 aromatic heterocycles. The minimum Gasteiger partial charge on any atom is -0.512 e. The van der Waals surface area contributed by atoms with Crippen LogP contribution in [0.25, 0.3) is 64.1 Å². The number of hydrogen-bond donors (Lipinski definition) is 1. The number of aliphatic hydroxyl groups is 1. The Morgan fingerprint density at radius 3 is 2.13 bits per heavy atom. The number of allylic oxidation sites excluding steroid dienone is 2. The van der Waals surface area contributed by atoms with Gasteiger partial charge in [0.1, 0.15) is 0 Å². The van der Waals surface area contributed by atoms with Gasteiger partial charge < -0.3 is 5.11 Å². The van der Waals surface area contributed by atoms with Crippen molar-refractivity contribution in [1.82, 2.24) is 4.98 Å². The van der Waals surface area contributed by atoms with Gasteiger partial charge in [-0.2, -0.15) is 0 Å². The van der Waals surface area contributed by atoms with E-state index in [0.717, 1.165) is 42.3 Å². The first-order chi connectivity index (χ1) is 25.2. The molecule has 1 N–H and O–H groups in total. The summed E-state index contributed by atoms with van der Waals surface area (Å²) < 4.78 is 2.57. The van der Waals surface area contributed by atoms with E-state index in [0.29, 0.717) is 5.92 Å². The normalized spacial score (nSPS) is 11.8. The number of fused-ring (bicyclic) bond motifs is 6. The Kier molecular flexibility index (Phi) is 13.4. The van der Waals surface area contributed by atoms with Gasteiger partial charge in [0.2, 0.25) is 0 Å².